The van der Waals surface area contributed by atoms with Gasteiger partial charge in [-0.05, 0) is 24.3 Å². The summed E-state index contributed by atoms with van der Waals surface area (Å²) in [6.45, 7) is -0.726. The van der Waals surface area contributed by atoms with Crippen molar-refractivity contribution in [1.82, 2.24) is 10.2 Å². The zero-order chi connectivity index (χ0) is 20.0. The molecule has 0 aromatic heterocycles. The summed E-state index contributed by atoms with van der Waals surface area (Å²) < 4.78 is 26.4. The Kier molecular flexibility index (Phi) is 6.84. The van der Waals surface area contributed by atoms with Crippen LogP contribution in [0, 0.1) is 11.6 Å². The lowest BCUT2D eigenvalue weighted by Crippen LogP contribution is -2.41. The van der Waals surface area contributed by atoms with Crippen molar-refractivity contribution in [3.63, 3.8) is 0 Å². The summed E-state index contributed by atoms with van der Waals surface area (Å²) >= 11 is 5.94. The standard InChI is InChI=1S/C18H16ClF2N3O3/c1-24(10-16(25)23-15-5-3-2-4-13(15)19)17(26)9-22-18(27)12-7-6-11(20)8-14(12)21/h2-8H,9-10H2,1H3,(H,22,27)(H,23,25). The van der Waals surface area contributed by atoms with E-state index in [0.717, 1.165) is 17.0 Å². The number of carbonyl (C=O) groups excluding carboxylic acids is 3. The highest BCUT2D eigenvalue weighted by Crippen LogP contribution is 2.20. The molecule has 3 amide bonds. The molecule has 0 saturated carbocycles. The SMILES string of the molecule is CN(CC(=O)Nc1ccccc1Cl)C(=O)CNC(=O)c1ccc(F)cc1F. The van der Waals surface area contributed by atoms with Gasteiger partial charge in [0.2, 0.25) is 11.8 Å². The molecule has 142 valence electrons. The van der Waals surface area contributed by atoms with Gasteiger partial charge in [-0.15, -0.1) is 0 Å². The van der Waals surface area contributed by atoms with Gasteiger partial charge in [-0.3, -0.25) is 14.4 Å². The number of amides is 3. The summed E-state index contributed by atoms with van der Waals surface area (Å²) in [5.41, 5.74) is 0.0217. The quantitative estimate of drug-likeness (QED) is 0.788. The minimum atomic E-state index is -1.03. The average Bonchev–Trinajstić information content (AvgIpc) is 2.61. The molecule has 9 heteroatoms. The number of anilines is 1. The first-order chi connectivity index (χ1) is 12.8. The largest absolute Gasteiger partial charge is 0.343 e. The van der Waals surface area contributed by atoms with Gasteiger partial charge in [0.05, 0.1) is 29.4 Å². The molecule has 0 spiro atoms. The lowest BCUT2D eigenvalue weighted by atomic mass is 10.2. The molecule has 0 fully saturated rings. The number of para-hydroxylation sites is 1. The zero-order valence-corrected chi connectivity index (χ0v) is 15.0. The lowest BCUT2D eigenvalue weighted by Gasteiger charge is -2.17. The third-order valence-electron chi connectivity index (χ3n) is 3.53. The number of rotatable bonds is 6. The fourth-order valence-corrected chi connectivity index (χ4v) is 2.30. The Hall–Kier alpha value is -3.00. The van der Waals surface area contributed by atoms with Crippen LogP contribution in [0.4, 0.5) is 14.5 Å². The third-order valence-corrected chi connectivity index (χ3v) is 3.86. The van der Waals surface area contributed by atoms with Crippen LogP contribution < -0.4 is 10.6 Å². The fraction of sp³-hybridized carbons (Fsp3) is 0.167. The second-order valence-electron chi connectivity index (χ2n) is 5.58. The number of halogens is 3. The summed E-state index contributed by atoms with van der Waals surface area (Å²) in [7, 11) is 1.37. The van der Waals surface area contributed by atoms with Crippen molar-refractivity contribution in [2.24, 2.45) is 0 Å². The molecule has 6 nitrogen and oxygen atoms in total. The molecule has 0 heterocycles. The average molecular weight is 396 g/mol. The molecule has 0 radical (unpaired) electrons. The van der Waals surface area contributed by atoms with E-state index in [1.165, 1.54) is 7.05 Å². The Labute approximate surface area is 159 Å². The molecule has 27 heavy (non-hydrogen) atoms. The second-order valence-corrected chi connectivity index (χ2v) is 5.99. The Morgan fingerprint density at radius 1 is 1.11 bits per heavy atom. The highest BCUT2D eigenvalue weighted by atomic mass is 35.5. The van der Waals surface area contributed by atoms with Gasteiger partial charge in [-0.25, -0.2) is 8.78 Å². The van der Waals surface area contributed by atoms with E-state index in [4.69, 9.17) is 11.6 Å². The van der Waals surface area contributed by atoms with E-state index in [0.29, 0.717) is 16.8 Å². The monoisotopic (exact) mass is 395 g/mol. The number of benzene rings is 2. The summed E-state index contributed by atoms with van der Waals surface area (Å²) in [6.07, 6.45) is 0. The van der Waals surface area contributed by atoms with Crippen molar-refractivity contribution >= 4 is 35.0 Å². The van der Waals surface area contributed by atoms with Crippen LogP contribution in [0.2, 0.25) is 5.02 Å². The van der Waals surface area contributed by atoms with Crippen LogP contribution in [0.1, 0.15) is 10.4 Å². The topological polar surface area (TPSA) is 78.5 Å². The highest BCUT2D eigenvalue weighted by molar-refractivity contribution is 6.33. The molecule has 2 N–H and O–H groups in total. The third kappa shape index (κ3) is 5.75. The normalized spacial score (nSPS) is 10.2. The zero-order valence-electron chi connectivity index (χ0n) is 14.3. The molecule has 2 aromatic carbocycles. The molecule has 2 aromatic rings. The lowest BCUT2D eigenvalue weighted by molar-refractivity contribution is -0.132. The number of hydrogen-bond donors (Lipinski definition) is 2. The van der Waals surface area contributed by atoms with Crippen molar-refractivity contribution in [1.29, 1.82) is 0 Å². The van der Waals surface area contributed by atoms with Crippen LogP contribution in [0.3, 0.4) is 0 Å². The van der Waals surface area contributed by atoms with Crippen LogP contribution >= 0.6 is 11.6 Å². The van der Waals surface area contributed by atoms with E-state index in [9.17, 15) is 23.2 Å². The van der Waals surface area contributed by atoms with E-state index in [1.807, 2.05) is 0 Å². The van der Waals surface area contributed by atoms with Gasteiger partial charge >= 0.3 is 0 Å². The van der Waals surface area contributed by atoms with Crippen LogP contribution in [0.5, 0.6) is 0 Å². The Bertz CT molecular complexity index is 877. The Balaban J connectivity index is 1.85. The summed E-state index contributed by atoms with van der Waals surface area (Å²) in [4.78, 5) is 37.0. The first-order valence-electron chi connectivity index (χ1n) is 7.79. The fourth-order valence-electron chi connectivity index (χ4n) is 2.12. The van der Waals surface area contributed by atoms with Crippen molar-refractivity contribution in [3.8, 4) is 0 Å². The summed E-state index contributed by atoms with van der Waals surface area (Å²) in [5, 5.41) is 5.14. The van der Waals surface area contributed by atoms with Crippen LogP contribution in [-0.2, 0) is 9.59 Å². The molecule has 0 atom stereocenters. The predicted molar refractivity (Wildman–Crippen MR) is 96.4 cm³/mol. The summed E-state index contributed by atoms with van der Waals surface area (Å²) in [5.74, 6) is -3.76. The summed E-state index contributed by atoms with van der Waals surface area (Å²) in [6, 6.07) is 9.11. The number of likely N-dealkylation sites (N-methyl/N-ethyl adjacent to an activating group) is 1. The van der Waals surface area contributed by atoms with Crippen molar-refractivity contribution in [2.45, 2.75) is 0 Å². The molecule has 0 saturated heterocycles. The van der Waals surface area contributed by atoms with Gasteiger partial charge in [-0.2, -0.15) is 0 Å². The van der Waals surface area contributed by atoms with Gasteiger partial charge in [0.1, 0.15) is 11.6 Å². The number of hydrogen-bond acceptors (Lipinski definition) is 3. The molecule has 2 rings (SSSR count). The maximum absolute atomic E-state index is 13.5. The Morgan fingerprint density at radius 3 is 2.48 bits per heavy atom. The van der Waals surface area contributed by atoms with Crippen molar-refractivity contribution < 1.29 is 23.2 Å². The van der Waals surface area contributed by atoms with Crippen LogP contribution in [0.25, 0.3) is 0 Å². The van der Waals surface area contributed by atoms with E-state index in [-0.39, 0.29) is 12.1 Å². The first kappa shape index (κ1) is 20.3. The van der Waals surface area contributed by atoms with Crippen LogP contribution in [0.15, 0.2) is 42.5 Å². The molecule has 0 aliphatic carbocycles. The van der Waals surface area contributed by atoms with Gasteiger partial charge in [0.15, 0.2) is 0 Å². The minimum Gasteiger partial charge on any atom is -0.343 e. The van der Waals surface area contributed by atoms with Crippen LogP contribution in [-0.4, -0.2) is 42.8 Å². The number of nitrogens with zero attached hydrogens (tertiary/aromatic N) is 1. The van der Waals surface area contributed by atoms with Gasteiger partial charge in [0, 0.05) is 13.1 Å². The number of carbonyl (C=O) groups is 3. The van der Waals surface area contributed by atoms with Crippen molar-refractivity contribution in [2.75, 3.05) is 25.5 Å². The van der Waals surface area contributed by atoms with Gasteiger partial charge in [-0.1, -0.05) is 23.7 Å². The van der Waals surface area contributed by atoms with Gasteiger partial charge < -0.3 is 15.5 Å². The van der Waals surface area contributed by atoms with E-state index < -0.39 is 35.9 Å². The molecule has 0 unspecified atom stereocenters. The van der Waals surface area contributed by atoms with Crippen molar-refractivity contribution in [3.05, 3.63) is 64.7 Å². The molecule has 0 bridgehead atoms. The first-order valence-corrected chi connectivity index (χ1v) is 8.17. The molecular weight excluding hydrogens is 380 g/mol. The highest BCUT2D eigenvalue weighted by Gasteiger charge is 2.17. The predicted octanol–water partition coefficient (Wildman–Crippen LogP) is 2.45. The number of nitrogens with one attached hydrogen (secondary N) is 2. The maximum Gasteiger partial charge on any atom is 0.254 e. The minimum absolute atomic E-state index is 0.273. The molecule has 0 aliphatic heterocycles. The maximum atomic E-state index is 13.5. The van der Waals surface area contributed by atoms with E-state index in [2.05, 4.69) is 10.6 Å². The Morgan fingerprint density at radius 2 is 1.81 bits per heavy atom. The molecular formula is C18H16ClF2N3O3. The van der Waals surface area contributed by atoms with Gasteiger partial charge in [0.25, 0.3) is 5.91 Å². The molecule has 0 aliphatic rings. The second kappa shape index (κ2) is 9.09. The van der Waals surface area contributed by atoms with E-state index in [1.54, 1.807) is 24.3 Å². The smallest absolute Gasteiger partial charge is 0.254 e. The van der Waals surface area contributed by atoms with E-state index >= 15 is 0 Å².